The molecule has 0 aliphatic carbocycles. The molecular weight excluding hydrogens is 584 g/mol. The van der Waals surface area contributed by atoms with Gasteiger partial charge in [0.15, 0.2) is 0 Å². The van der Waals surface area contributed by atoms with Crippen LogP contribution >= 0.6 is 15.9 Å². The van der Waals surface area contributed by atoms with Crippen LogP contribution in [-0.4, -0.2) is 22.9 Å². The highest BCUT2D eigenvalue weighted by molar-refractivity contribution is 9.10. The summed E-state index contributed by atoms with van der Waals surface area (Å²) in [5.74, 6) is 1.32. The number of nitrogen functional groups attached to an aromatic ring is 1. The fourth-order valence-electron chi connectivity index (χ4n) is 3.30. The minimum Gasteiger partial charge on any atom is -0.744 e. The number of anilines is 3. The first-order valence-corrected chi connectivity index (χ1v) is 13.4. The first kappa shape index (κ1) is 29.1. The highest BCUT2D eigenvalue weighted by Crippen LogP contribution is 2.36. The minimum atomic E-state index is -4.27. The molecule has 0 aliphatic heterocycles. The molecule has 0 radical (unpaired) electrons. The van der Waals surface area contributed by atoms with Crippen LogP contribution < -0.4 is 15.8 Å². The summed E-state index contributed by atoms with van der Waals surface area (Å²) < 4.78 is 37.6. The van der Waals surface area contributed by atoms with E-state index in [9.17, 15) is 13.0 Å². The highest BCUT2D eigenvalue weighted by atomic mass is 79.9. The number of ether oxygens (including phenoxy) is 1. The third-order valence-electron chi connectivity index (χ3n) is 5.21. The summed E-state index contributed by atoms with van der Waals surface area (Å²) in [5, 5.41) is 21.0. The second kappa shape index (κ2) is 12.4. The van der Waals surface area contributed by atoms with Gasteiger partial charge >= 0.3 is 0 Å². The van der Waals surface area contributed by atoms with Gasteiger partial charge in [-0.15, -0.1) is 0 Å². The lowest BCUT2D eigenvalue weighted by atomic mass is 10.1. The Morgan fingerprint density at radius 1 is 0.923 bits per heavy atom. The lowest BCUT2D eigenvalue weighted by Gasteiger charge is -2.14. The highest BCUT2D eigenvalue weighted by Gasteiger charge is 2.16. The Kier molecular flexibility index (Phi) is 9.22. The molecule has 0 saturated heterocycles. The SMILES string of the molecule is Cc1cc(C#N)cc(C)c1Oc1nc(Nc2ccc(C#N)cc2)nc(N)c1Br.Cc1ccc(S(=O)(=O)[O-])cc1. The van der Waals surface area contributed by atoms with E-state index in [1.54, 1.807) is 48.5 Å². The van der Waals surface area contributed by atoms with Crippen molar-refractivity contribution in [3.05, 3.63) is 93.0 Å². The Morgan fingerprint density at radius 3 is 2.00 bits per heavy atom. The standard InChI is InChI=1S/C20H15BrN6O.C7H8O3S/c1-11-7-14(10-23)8-12(2)17(11)28-19-16(21)18(24)26-20(27-19)25-15-5-3-13(9-22)4-6-15;1-6-2-4-7(5-3-6)11(8,9)10/h3-8H,1-2H3,(H3,24,25,26,27);2-5H,1H3,(H,8,9,10)/p-1. The molecule has 12 heteroatoms. The van der Waals surface area contributed by atoms with Crippen molar-refractivity contribution >= 4 is 43.5 Å². The maximum absolute atomic E-state index is 10.4. The lowest BCUT2D eigenvalue weighted by Crippen LogP contribution is -2.04. The number of aryl methyl sites for hydroxylation is 3. The quantitative estimate of drug-likeness (QED) is 0.271. The number of nitrogens with two attached hydrogens (primary N) is 1. The van der Waals surface area contributed by atoms with Crippen LogP contribution in [0, 0.1) is 43.4 Å². The molecule has 0 amide bonds. The first-order chi connectivity index (χ1) is 18.4. The predicted octanol–water partition coefficient (Wildman–Crippen LogP) is 5.62. The molecule has 0 bridgehead atoms. The average Bonchev–Trinajstić information content (AvgIpc) is 2.89. The molecule has 0 spiro atoms. The van der Waals surface area contributed by atoms with E-state index in [1.807, 2.05) is 20.8 Å². The largest absolute Gasteiger partial charge is 0.744 e. The Bertz CT molecular complexity index is 1670. The van der Waals surface area contributed by atoms with Gasteiger partial charge in [0.05, 0.1) is 28.2 Å². The molecule has 0 atom stereocenters. The van der Waals surface area contributed by atoms with Gasteiger partial charge in [-0.05, 0) is 96.4 Å². The minimum absolute atomic E-state index is 0.178. The zero-order valence-corrected chi connectivity index (χ0v) is 23.5. The fourth-order valence-corrected chi connectivity index (χ4v) is 4.03. The molecule has 198 valence electrons. The number of aromatic nitrogens is 2. The van der Waals surface area contributed by atoms with Gasteiger partial charge < -0.3 is 20.3 Å². The van der Waals surface area contributed by atoms with E-state index in [-0.39, 0.29) is 22.5 Å². The van der Waals surface area contributed by atoms with Gasteiger partial charge in [-0.2, -0.15) is 20.5 Å². The molecule has 10 nitrogen and oxygen atoms in total. The summed E-state index contributed by atoms with van der Waals surface area (Å²) in [6.07, 6.45) is 0. The lowest BCUT2D eigenvalue weighted by molar-refractivity contribution is 0.452. The number of nitrogens with zero attached hydrogens (tertiary/aromatic N) is 4. The smallest absolute Gasteiger partial charge is 0.240 e. The molecule has 4 aromatic rings. The molecule has 3 N–H and O–H groups in total. The third-order valence-corrected chi connectivity index (χ3v) is 6.81. The van der Waals surface area contributed by atoms with Gasteiger partial charge in [0.2, 0.25) is 11.8 Å². The van der Waals surface area contributed by atoms with Crippen LogP contribution in [0.25, 0.3) is 0 Å². The number of nitrogens with one attached hydrogen (secondary N) is 1. The predicted molar refractivity (Wildman–Crippen MR) is 148 cm³/mol. The van der Waals surface area contributed by atoms with Crippen molar-refractivity contribution in [2.45, 2.75) is 25.7 Å². The van der Waals surface area contributed by atoms with Crippen LogP contribution in [0.2, 0.25) is 0 Å². The molecule has 0 aliphatic rings. The first-order valence-electron chi connectivity index (χ1n) is 11.2. The van der Waals surface area contributed by atoms with E-state index in [0.717, 1.165) is 16.7 Å². The monoisotopic (exact) mass is 605 g/mol. The number of nitriles is 2. The number of hydrogen-bond donors (Lipinski definition) is 2. The van der Waals surface area contributed by atoms with Gasteiger partial charge in [-0.25, -0.2) is 8.42 Å². The Morgan fingerprint density at radius 2 is 1.49 bits per heavy atom. The maximum Gasteiger partial charge on any atom is 0.240 e. The second-order valence-electron chi connectivity index (χ2n) is 8.29. The summed E-state index contributed by atoms with van der Waals surface area (Å²) in [5.41, 5.74) is 10.4. The topological polar surface area (TPSA) is 178 Å². The Hall–Kier alpha value is -4.49. The fraction of sp³-hybridized carbons (Fsp3) is 0.111. The molecule has 4 rings (SSSR count). The zero-order valence-electron chi connectivity index (χ0n) is 21.1. The second-order valence-corrected chi connectivity index (χ2v) is 10.5. The average molecular weight is 606 g/mol. The van der Waals surface area contributed by atoms with E-state index < -0.39 is 10.1 Å². The van der Waals surface area contributed by atoms with Crippen LogP contribution in [0.4, 0.5) is 17.5 Å². The summed E-state index contributed by atoms with van der Waals surface area (Å²) >= 11 is 3.36. The summed E-state index contributed by atoms with van der Waals surface area (Å²) in [6, 6.07) is 20.3. The van der Waals surface area contributed by atoms with Crippen LogP contribution in [0.3, 0.4) is 0 Å². The van der Waals surface area contributed by atoms with Crippen LogP contribution in [0.1, 0.15) is 27.8 Å². The van der Waals surface area contributed by atoms with Gasteiger partial charge in [0, 0.05) is 5.69 Å². The third kappa shape index (κ3) is 7.75. The zero-order chi connectivity index (χ0) is 28.7. The van der Waals surface area contributed by atoms with Crippen LogP contribution in [0.5, 0.6) is 11.6 Å². The molecule has 1 heterocycles. The van der Waals surface area contributed by atoms with Crippen LogP contribution in [-0.2, 0) is 10.1 Å². The number of halogens is 1. The maximum atomic E-state index is 10.4. The van der Waals surface area contributed by atoms with Crippen molar-refractivity contribution in [1.29, 1.82) is 10.5 Å². The Balaban J connectivity index is 0.000000320. The number of benzene rings is 3. The van der Waals surface area contributed by atoms with Crippen molar-refractivity contribution in [2.75, 3.05) is 11.1 Å². The van der Waals surface area contributed by atoms with E-state index in [1.165, 1.54) is 12.1 Å². The molecule has 0 fully saturated rings. The summed E-state index contributed by atoms with van der Waals surface area (Å²) in [4.78, 5) is 8.42. The van der Waals surface area contributed by atoms with Gasteiger partial charge in [0.25, 0.3) is 0 Å². The normalized spacial score (nSPS) is 10.4. The van der Waals surface area contributed by atoms with Crippen molar-refractivity contribution in [3.63, 3.8) is 0 Å². The number of hydrogen-bond acceptors (Lipinski definition) is 10. The van der Waals surface area contributed by atoms with E-state index in [2.05, 4.69) is 43.4 Å². The van der Waals surface area contributed by atoms with Gasteiger partial charge in [-0.3, -0.25) is 0 Å². The van der Waals surface area contributed by atoms with Gasteiger partial charge in [-0.1, -0.05) is 17.7 Å². The Labute approximate surface area is 234 Å². The molecule has 0 saturated carbocycles. The van der Waals surface area contributed by atoms with Crippen molar-refractivity contribution < 1.29 is 17.7 Å². The van der Waals surface area contributed by atoms with Gasteiger partial charge in [0.1, 0.15) is 26.2 Å². The van der Waals surface area contributed by atoms with E-state index in [0.29, 0.717) is 27.0 Å². The van der Waals surface area contributed by atoms with Crippen molar-refractivity contribution in [3.8, 4) is 23.8 Å². The van der Waals surface area contributed by atoms with E-state index >= 15 is 0 Å². The van der Waals surface area contributed by atoms with E-state index in [4.69, 9.17) is 21.0 Å². The van der Waals surface area contributed by atoms with Crippen LogP contribution in [0.15, 0.2) is 70.0 Å². The molecular formula is C27H22BrN6O4S-. The molecule has 3 aromatic carbocycles. The molecule has 1 aromatic heterocycles. The van der Waals surface area contributed by atoms with Crippen molar-refractivity contribution in [1.82, 2.24) is 9.97 Å². The number of rotatable bonds is 5. The molecule has 39 heavy (non-hydrogen) atoms. The summed E-state index contributed by atoms with van der Waals surface area (Å²) in [7, 11) is -4.27. The molecule has 0 unspecified atom stereocenters. The van der Waals surface area contributed by atoms with Crippen molar-refractivity contribution in [2.24, 2.45) is 0 Å². The summed E-state index contributed by atoms with van der Waals surface area (Å²) in [6.45, 7) is 5.54.